The van der Waals surface area contributed by atoms with E-state index >= 15 is 0 Å². The van der Waals surface area contributed by atoms with E-state index in [4.69, 9.17) is 9.84 Å². The molecule has 0 aromatic rings. The Hall–Kier alpha value is -1.33. The molecule has 0 aromatic heterocycles. The van der Waals surface area contributed by atoms with Gasteiger partial charge in [0.05, 0.1) is 12.5 Å². The van der Waals surface area contributed by atoms with Gasteiger partial charge >= 0.3 is 12.1 Å². The highest BCUT2D eigenvalue weighted by atomic mass is 19.1. The van der Waals surface area contributed by atoms with Crippen LogP contribution < -0.4 is 0 Å². The average Bonchev–Trinajstić information content (AvgIpc) is 2.14. The van der Waals surface area contributed by atoms with E-state index in [1.54, 1.807) is 20.8 Å². The molecule has 1 amide bonds. The lowest BCUT2D eigenvalue weighted by Crippen LogP contribution is -2.48. The molecule has 1 N–H and O–H groups in total. The van der Waals surface area contributed by atoms with Crippen molar-refractivity contribution in [2.45, 2.75) is 39.0 Å². The van der Waals surface area contributed by atoms with Gasteiger partial charge in [0, 0.05) is 6.54 Å². The number of hydrogen-bond acceptors (Lipinski definition) is 3. The standard InChI is InChI=1S/C11H18FNO4/c1-11(2,3)17-10(16)13-5-4-7(9(14)15)8(12)6-13/h7-8H,4-6H2,1-3H3,(H,14,15)/t7-,8+/m0/s1. The molecule has 6 heteroatoms. The number of piperidine rings is 1. The van der Waals surface area contributed by atoms with Gasteiger partial charge in [-0.1, -0.05) is 0 Å². The number of aliphatic carboxylic acids is 1. The number of likely N-dealkylation sites (tertiary alicyclic amines) is 1. The van der Waals surface area contributed by atoms with Crippen molar-refractivity contribution in [3.05, 3.63) is 0 Å². The third-order valence-corrected chi connectivity index (χ3v) is 2.51. The van der Waals surface area contributed by atoms with Crippen molar-refractivity contribution in [2.75, 3.05) is 13.1 Å². The van der Waals surface area contributed by atoms with Crippen molar-refractivity contribution in [2.24, 2.45) is 5.92 Å². The monoisotopic (exact) mass is 247 g/mol. The largest absolute Gasteiger partial charge is 0.481 e. The van der Waals surface area contributed by atoms with E-state index in [1.165, 1.54) is 4.90 Å². The van der Waals surface area contributed by atoms with Crippen LogP contribution in [0, 0.1) is 5.92 Å². The van der Waals surface area contributed by atoms with E-state index in [1.807, 2.05) is 0 Å². The second-order valence-corrected chi connectivity index (χ2v) is 5.18. The molecule has 98 valence electrons. The summed E-state index contributed by atoms with van der Waals surface area (Å²) in [5, 5.41) is 8.75. The molecular weight excluding hydrogens is 229 g/mol. The average molecular weight is 247 g/mol. The maximum atomic E-state index is 13.5. The smallest absolute Gasteiger partial charge is 0.410 e. The lowest BCUT2D eigenvalue weighted by molar-refractivity contribution is -0.146. The van der Waals surface area contributed by atoms with Crippen LogP contribution in [-0.2, 0) is 9.53 Å². The molecule has 1 aliphatic rings. The van der Waals surface area contributed by atoms with Gasteiger partial charge in [0.15, 0.2) is 0 Å². The van der Waals surface area contributed by atoms with E-state index in [9.17, 15) is 14.0 Å². The third-order valence-electron chi connectivity index (χ3n) is 2.51. The number of amides is 1. The fraction of sp³-hybridized carbons (Fsp3) is 0.818. The van der Waals surface area contributed by atoms with Gasteiger partial charge in [0.1, 0.15) is 11.8 Å². The van der Waals surface area contributed by atoms with Crippen LogP contribution in [0.4, 0.5) is 9.18 Å². The molecule has 1 heterocycles. The number of rotatable bonds is 1. The van der Waals surface area contributed by atoms with Crippen LogP contribution in [-0.4, -0.2) is 46.9 Å². The maximum absolute atomic E-state index is 13.5. The van der Waals surface area contributed by atoms with Crippen molar-refractivity contribution in [3.63, 3.8) is 0 Å². The molecule has 1 aliphatic heterocycles. The molecule has 0 unspecified atom stereocenters. The van der Waals surface area contributed by atoms with Crippen LogP contribution in [0.1, 0.15) is 27.2 Å². The minimum atomic E-state index is -1.53. The van der Waals surface area contributed by atoms with Gasteiger partial charge in [-0.3, -0.25) is 4.79 Å². The summed E-state index contributed by atoms with van der Waals surface area (Å²) in [5.41, 5.74) is -0.632. The van der Waals surface area contributed by atoms with E-state index < -0.39 is 29.8 Å². The molecule has 17 heavy (non-hydrogen) atoms. The number of halogens is 1. The zero-order valence-corrected chi connectivity index (χ0v) is 10.3. The quantitative estimate of drug-likeness (QED) is 0.765. The number of hydrogen-bond donors (Lipinski definition) is 1. The summed E-state index contributed by atoms with van der Waals surface area (Å²) < 4.78 is 18.6. The minimum Gasteiger partial charge on any atom is -0.481 e. The van der Waals surface area contributed by atoms with Crippen LogP contribution >= 0.6 is 0 Å². The zero-order chi connectivity index (χ0) is 13.2. The summed E-state index contributed by atoms with van der Waals surface area (Å²) in [6.07, 6.45) is -2.01. The van der Waals surface area contributed by atoms with Crippen LogP contribution in [0.3, 0.4) is 0 Å². The first kappa shape index (κ1) is 13.7. The summed E-state index contributed by atoms with van der Waals surface area (Å²) >= 11 is 0. The van der Waals surface area contributed by atoms with E-state index in [0.717, 1.165) is 0 Å². The second-order valence-electron chi connectivity index (χ2n) is 5.18. The summed E-state index contributed by atoms with van der Waals surface area (Å²) in [6.45, 7) is 5.17. The number of ether oxygens (including phenoxy) is 1. The molecule has 1 fully saturated rings. The van der Waals surface area contributed by atoms with Crippen molar-refractivity contribution in [1.29, 1.82) is 0 Å². The third kappa shape index (κ3) is 3.87. The predicted molar refractivity (Wildman–Crippen MR) is 58.4 cm³/mol. The minimum absolute atomic E-state index is 0.121. The fourth-order valence-electron chi connectivity index (χ4n) is 1.68. The second kappa shape index (κ2) is 4.89. The van der Waals surface area contributed by atoms with Gasteiger partial charge in [-0.25, -0.2) is 9.18 Å². The highest BCUT2D eigenvalue weighted by Gasteiger charge is 2.37. The Labute approximate surface area is 99.5 Å². The lowest BCUT2D eigenvalue weighted by Gasteiger charge is -2.34. The zero-order valence-electron chi connectivity index (χ0n) is 10.3. The van der Waals surface area contributed by atoms with Crippen LogP contribution in [0.2, 0.25) is 0 Å². The van der Waals surface area contributed by atoms with Gasteiger partial charge in [-0.05, 0) is 27.2 Å². The Balaban J connectivity index is 2.55. The van der Waals surface area contributed by atoms with Gasteiger partial charge in [0.2, 0.25) is 0 Å². The first-order valence-electron chi connectivity index (χ1n) is 5.55. The highest BCUT2D eigenvalue weighted by molar-refractivity contribution is 5.72. The first-order valence-corrected chi connectivity index (χ1v) is 5.55. The topological polar surface area (TPSA) is 66.8 Å². The molecule has 1 saturated heterocycles. The van der Waals surface area contributed by atoms with E-state index in [2.05, 4.69) is 0 Å². The molecule has 0 bridgehead atoms. The van der Waals surface area contributed by atoms with Crippen LogP contribution in [0.15, 0.2) is 0 Å². The van der Waals surface area contributed by atoms with Gasteiger partial charge < -0.3 is 14.7 Å². The van der Waals surface area contributed by atoms with Crippen LogP contribution in [0.25, 0.3) is 0 Å². The number of nitrogens with zero attached hydrogens (tertiary/aromatic N) is 1. The molecule has 0 spiro atoms. The Morgan fingerprint density at radius 2 is 2.00 bits per heavy atom. The Kier molecular flexibility index (Phi) is 3.95. The SMILES string of the molecule is CC(C)(C)OC(=O)N1CC[C@H](C(=O)O)[C@H](F)C1. The van der Waals surface area contributed by atoms with Gasteiger partial charge in [-0.15, -0.1) is 0 Å². The van der Waals surface area contributed by atoms with Crippen LogP contribution in [0.5, 0.6) is 0 Å². The summed E-state index contributed by atoms with van der Waals surface area (Å²) in [4.78, 5) is 23.5. The number of carbonyl (C=O) groups excluding carboxylic acids is 1. The highest BCUT2D eigenvalue weighted by Crippen LogP contribution is 2.22. The Morgan fingerprint density at radius 3 is 2.41 bits per heavy atom. The van der Waals surface area contributed by atoms with Crippen molar-refractivity contribution in [3.8, 4) is 0 Å². The lowest BCUT2D eigenvalue weighted by atomic mass is 9.95. The van der Waals surface area contributed by atoms with Crippen molar-refractivity contribution in [1.82, 2.24) is 4.90 Å². The fourth-order valence-corrected chi connectivity index (χ4v) is 1.68. The Morgan fingerprint density at radius 1 is 1.41 bits per heavy atom. The number of carboxylic acid groups (broad SMARTS) is 1. The van der Waals surface area contributed by atoms with E-state index in [-0.39, 0.29) is 19.5 Å². The number of alkyl halides is 1. The molecular formula is C11H18FNO4. The first-order chi connectivity index (χ1) is 7.70. The maximum Gasteiger partial charge on any atom is 0.410 e. The normalized spacial score (nSPS) is 25.5. The van der Waals surface area contributed by atoms with E-state index in [0.29, 0.717) is 0 Å². The summed E-state index contributed by atoms with van der Waals surface area (Å²) in [6, 6.07) is 0. The number of carboxylic acids is 1. The van der Waals surface area contributed by atoms with Gasteiger partial charge in [-0.2, -0.15) is 0 Å². The molecule has 0 saturated carbocycles. The van der Waals surface area contributed by atoms with Gasteiger partial charge in [0.25, 0.3) is 0 Å². The van der Waals surface area contributed by atoms with Crippen molar-refractivity contribution >= 4 is 12.1 Å². The molecule has 1 rings (SSSR count). The molecule has 0 aromatic carbocycles. The molecule has 0 aliphatic carbocycles. The Bertz CT molecular complexity index is 313. The summed E-state index contributed by atoms with van der Waals surface area (Å²) in [5.74, 6) is -2.17. The predicted octanol–water partition coefficient (Wildman–Crippen LogP) is 1.67. The molecule has 0 radical (unpaired) electrons. The number of carbonyl (C=O) groups is 2. The molecule has 5 nitrogen and oxygen atoms in total. The molecule has 2 atom stereocenters. The van der Waals surface area contributed by atoms with Crippen molar-refractivity contribution < 1.29 is 23.8 Å². The summed E-state index contributed by atoms with van der Waals surface area (Å²) in [7, 11) is 0.